The van der Waals surface area contributed by atoms with Crippen molar-refractivity contribution in [2.45, 2.75) is 31.3 Å². The summed E-state index contributed by atoms with van der Waals surface area (Å²) < 4.78 is 43.8. The molecule has 2 heterocycles. The fraction of sp³-hybridized carbons (Fsp3) is 0.304. The van der Waals surface area contributed by atoms with Crippen molar-refractivity contribution in [2.24, 2.45) is 0 Å². The van der Waals surface area contributed by atoms with Crippen molar-refractivity contribution >= 4 is 16.0 Å². The van der Waals surface area contributed by atoms with E-state index < -0.39 is 16.0 Å². The molecule has 32 heavy (non-hydrogen) atoms. The molecule has 0 saturated carbocycles. The maximum Gasteiger partial charge on any atom is 0.338 e. The van der Waals surface area contributed by atoms with E-state index in [1.54, 1.807) is 6.92 Å². The molecular formula is C23H24N2O6S. The van der Waals surface area contributed by atoms with Crippen LogP contribution in [0.2, 0.25) is 0 Å². The van der Waals surface area contributed by atoms with Gasteiger partial charge in [0.1, 0.15) is 28.7 Å². The minimum absolute atomic E-state index is 0.0414. The van der Waals surface area contributed by atoms with E-state index >= 15 is 0 Å². The molecule has 4 rings (SSSR count). The van der Waals surface area contributed by atoms with Gasteiger partial charge >= 0.3 is 5.97 Å². The quantitative estimate of drug-likeness (QED) is 0.499. The third-order valence-electron chi connectivity index (χ3n) is 5.34. The monoisotopic (exact) mass is 456 g/mol. The number of ether oxygens (including phenoxy) is 2. The van der Waals surface area contributed by atoms with Crippen molar-refractivity contribution in [3.8, 4) is 17.2 Å². The molecule has 9 heteroatoms. The molecule has 0 bridgehead atoms. The molecule has 1 fully saturated rings. The predicted molar refractivity (Wildman–Crippen MR) is 117 cm³/mol. The summed E-state index contributed by atoms with van der Waals surface area (Å²) in [4.78, 5) is 17.1. The number of benzene rings is 2. The van der Waals surface area contributed by atoms with Gasteiger partial charge in [-0.2, -0.15) is 4.31 Å². The Balaban J connectivity index is 1.52. The number of hydrogen-bond donors (Lipinski definition) is 0. The van der Waals surface area contributed by atoms with Gasteiger partial charge in [0.25, 0.3) is 0 Å². The molecule has 0 radical (unpaired) electrons. The van der Waals surface area contributed by atoms with Gasteiger partial charge in [0, 0.05) is 18.7 Å². The Kier molecular flexibility index (Phi) is 6.29. The van der Waals surface area contributed by atoms with Gasteiger partial charge in [-0.1, -0.05) is 18.2 Å². The number of aromatic nitrogens is 1. The highest BCUT2D eigenvalue weighted by Gasteiger charge is 2.31. The zero-order valence-corrected chi connectivity index (χ0v) is 18.7. The van der Waals surface area contributed by atoms with Crippen LogP contribution in [0.3, 0.4) is 0 Å². The Labute approximate surface area is 186 Å². The first kappa shape index (κ1) is 22.0. The summed E-state index contributed by atoms with van der Waals surface area (Å²) in [5.41, 5.74) is 1.43. The second-order valence-electron chi connectivity index (χ2n) is 7.44. The van der Waals surface area contributed by atoms with Gasteiger partial charge in [-0.3, -0.25) is 0 Å². The summed E-state index contributed by atoms with van der Waals surface area (Å²) in [5, 5.41) is 0. The second-order valence-corrected chi connectivity index (χ2v) is 9.35. The molecule has 0 unspecified atom stereocenters. The van der Waals surface area contributed by atoms with Crippen LogP contribution in [0.5, 0.6) is 5.75 Å². The van der Waals surface area contributed by atoms with Crippen molar-refractivity contribution in [3.63, 3.8) is 0 Å². The number of esters is 1. The topological polar surface area (TPSA) is 98.9 Å². The van der Waals surface area contributed by atoms with Crippen LogP contribution in [-0.4, -0.2) is 43.9 Å². The molecule has 2 aromatic carbocycles. The fourth-order valence-corrected chi connectivity index (χ4v) is 5.25. The van der Waals surface area contributed by atoms with Crippen molar-refractivity contribution in [3.05, 3.63) is 65.5 Å². The van der Waals surface area contributed by atoms with E-state index in [0.29, 0.717) is 30.4 Å². The van der Waals surface area contributed by atoms with Crippen LogP contribution in [0.4, 0.5) is 0 Å². The van der Waals surface area contributed by atoms with Gasteiger partial charge in [-0.05, 0) is 50.1 Å². The lowest BCUT2D eigenvalue weighted by Gasteiger charge is -2.18. The molecule has 1 aromatic heterocycles. The maximum atomic E-state index is 13.0. The summed E-state index contributed by atoms with van der Waals surface area (Å²) in [5.74, 6) is 0.517. The molecule has 168 valence electrons. The summed E-state index contributed by atoms with van der Waals surface area (Å²) >= 11 is 0. The highest BCUT2D eigenvalue weighted by atomic mass is 32.2. The molecule has 0 atom stereocenters. The summed E-state index contributed by atoms with van der Waals surface area (Å²) in [7, 11) is -2.37. The highest BCUT2D eigenvalue weighted by Crippen LogP contribution is 2.30. The van der Waals surface area contributed by atoms with Crippen molar-refractivity contribution < 1.29 is 27.1 Å². The van der Waals surface area contributed by atoms with Crippen LogP contribution < -0.4 is 4.74 Å². The van der Waals surface area contributed by atoms with E-state index in [-0.39, 0.29) is 22.8 Å². The molecule has 8 nitrogen and oxygen atoms in total. The molecule has 1 saturated heterocycles. The molecule has 0 N–H and O–H groups in total. The number of sulfonamides is 1. The maximum absolute atomic E-state index is 13.0. The Hall–Kier alpha value is -3.17. The van der Waals surface area contributed by atoms with Crippen LogP contribution in [0.25, 0.3) is 11.5 Å². The lowest BCUT2D eigenvalue weighted by molar-refractivity contribution is 0.0466. The Morgan fingerprint density at radius 3 is 2.53 bits per heavy atom. The average molecular weight is 457 g/mol. The average Bonchev–Trinajstić information content (AvgIpc) is 3.48. The molecule has 0 aliphatic carbocycles. The van der Waals surface area contributed by atoms with Gasteiger partial charge < -0.3 is 13.9 Å². The fourth-order valence-electron chi connectivity index (χ4n) is 3.56. The van der Waals surface area contributed by atoms with Crippen molar-refractivity contribution in [1.82, 2.24) is 9.29 Å². The smallest absolute Gasteiger partial charge is 0.338 e. The van der Waals surface area contributed by atoms with Crippen LogP contribution in [0, 0.1) is 6.92 Å². The molecule has 0 spiro atoms. The normalized spacial score (nSPS) is 14.4. The second kappa shape index (κ2) is 9.13. The van der Waals surface area contributed by atoms with Crippen molar-refractivity contribution in [1.29, 1.82) is 0 Å². The standard InChI is InChI=1S/C23H24N2O6S/c1-16-19(24-22(31-16)17-8-4-3-5-9-17)15-30-23(26)18-10-11-20(29-2)21(14-18)32(27,28)25-12-6-7-13-25/h3-5,8-11,14H,6-7,12-13,15H2,1-2H3. The zero-order chi connectivity index (χ0) is 22.7. The number of hydrogen-bond acceptors (Lipinski definition) is 7. The summed E-state index contributed by atoms with van der Waals surface area (Å²) in [6.45, 7) is 2.56. The number of rotatable bonds is 7. The number of methoxy groups -OCH3 is 1. The predicted octanol–water partition coefficient (Wildman–Crippen LogP) is 3.80. The number of carbonyl (C=O) groups excluding carboxylic acids is 1. The molecule has 1 aliphatic rings. The van der Waals surface area contributed by atoms with Crippen LogP contribution in [0.15, 0.2) is 57.8 Å². The SMILES string of the molecule is COc1ccc(C(=O)OCc2nc(-c3ccccc3)oc2C)cc1S(=O)(=O)N1CCCC1. The number of carbonyl (C=O) groups is 1. The Morgan fingerprint density at radius 1 is 1.12 bits per heavy atom. The Bertz CT molecular complexity index is 1210. The van der Waals surface area contributed by atoms with Gasteiger partial charge in [0.15, 0.2) is 0 Å². The minimum atomic E-state index is -3.77. The van der Waals surface area contributed by atoms with Gasteiger partial charge in [0.2, 0.25) is 15.9 Å². The number of aryl methyl sites for hydroxylation is 1. The number of oxazole rings is 1. The highest BCUT2D eigenvalue weighted by molar-refractivity contribution is 7.89. The molecule has 0 amide bonds. The van der Waals surface area contributed by atoms with E-state index in [2.05, 4.69) is 4.98 Å². The van der Waals surface area contributed by atoms with E-state index in [1.807, 2.05) is 30.3 Å². The van der Waals surface area contributed by atoms with E-state index in [9.17, 15) is 13.2 Å². The van der Waals surface area contributed by atoms with E-state index in [0.717, 1.165) is 18.4 Å². The molecule has 3 aromatic rings. The van der Waals surface area contributed by atoms with Crippen LogP contribution in [0.1, 0.15) is 34.7 Å². The van der Waals surface area contributed by atoms with Crippen molar-refractivity contribution in [2.75, 3.05) is 20.2 Å². The first-order valence-electron chi connectivity index (χ1n) is 10.3. The van der Waals surface area contributed by atoms with Crippen LogP contribution in [-0.2, 0) is 21.4 Å². The van der Waals surface area contributed by atoms with Gasteiger partial charge in [-0.25, -0.2) is 18.2 Å². The molecular weight excluding hydrogens is 432 g/mol. The van der Waals surface area contributed by atoms with Gasteiger partial charge in [-0.15, -0.1) is 0 Å². The summed E-state index contributed by atoms with van der Waals surface area (Å²) in [6.07, 6.45) is 1.62. The number of nitrogens with zero attached hydrogens (tertiary/aromatic N) is 2. The minimum Gasteiger partial charge on any atom is -0.495 e. The summed E-state index contributed by atoms with van der Waals surface area (Å²) in [6, 6.07) is 13.7. The molecule has 1 aliphatic heterocycles. The largest absolute Gasteiger partial charge is 0.495 e. The third-order valence-corrected chi connectivity index (χ3v) is 7.26. The van der Waals surface area contributed by atoms with E-state index in [4.69, 9.17) is 13.9 Å². The Morgan fingerprint density at radius 2 is 1.84 bits per heavy atom. The van der Waals surface area contributed by atoms with Gasteiger partial charge in [0.05, 0.1) is 12.7 Å². The lowest BCUT2D eigenvalue weighted by atomic mass is 10.2. The first-order valence-corrected chi connectivity index (χ1v) is 11.7. The van der Waals surface area contributed by atoms with Crippen LogP contribution >= 0.6 is 0 Å². The first-order chi connectivity index (χ1) is 15.4. The lowest BCUT2D eigenvalue weighted by Crippen LogP contribution is -2.28. The third kappa shape index (κ3) is 4.39. The zero-order valence-electron chi connectivity index (χ0n) is 17.9. The van der Waals surface area contributed by atoms with E-state index in [1.165, 1.54) is 29.6 Å².